The first kappa shape index (κ1) is 33.2. The summed E-state index contributed by atoms with van der Waals surface area (Å²) in [6.07, 6.45) is 4.00. The molecule has 0 radical (unpaired) electrons. The van der Waals surface area contributed by atoms with Crippen molar-refractivity contribution in [3.63, 3.8) is 0 Å². The Morgan fingerprint density at radius 1 is 0.913 bits per heavy atom. The zero-order valence-electron chi connectivity index (χ0n) is 25.6. The number of carbonyl (C=O) groups excluding carboxylic acids is 2. The molecule has 0 aromatic heterocycles. The Labute approximate surface area is 275 Å². The molecule has 1 aliphatic rings. The van der Waals surface area contributed by atoms with Crippen LogP contribution in [0.5, 0.6) is 0 Å². The molecule has 0 spiro atoms. The molecule has 1 unspecified atom stereocenters. The van der Waals surface area contributed by atoms with Crippen molar-refractivity contribution in [2.24, 2.45) is 0 Å². The van der Waals surface area contributed by atoms with Crippen LogP contribution in [-0.4, -0.2) is 43.8 Å². The Kier molecular flexibility index (Phi) is 10.8. The average molecular weight is 662 g/mol. The minimum atomic E-state index is -4.31. The van der Waals surface area contributed by atoms with Crippen LogP contribution in [0.3, 0.4) is 0 Å². The number of anilines is 1. The van der Waals surface area contributed by atoms with Crippen molar-refractivity contribution >= 4 is 39.1 Å². The van der Waals surface area contributed by atoms with Gasteiger partial charge < -0.3 is 10.2 Å². The number of rotatable bonds is 12. The normalized spacial score (nSPS) is 14.1. The molecule has 5 rings (SSSR count). The number of aryl methyl sites for hydroxylation is 1. The maximum absolute atomic E-state index is 14.6. The van der Waals surface area contributed by atoms with Gasteiger partial charge in [-0.15, -0.1) is 0 Å². The highest BCUT2D eigenvalue weighted by molar-refractivity contribution is 7.92. The van der Waals surface area contributed by atoms with E-state index in [0.29, 0.717) is 0 Å². The van der Waals surface area contributed by atoms with E-state index in [0.717, 1.165) is 52.7 Å². The lowest BCUT2D eigenvalue weighted by atomic mass is 10.0. The van der Waals surface area contributed by atoms with Crippen LogP contribution in [0.25, 0.3) is 0 Å². The van der Waals surface area contributed by atoms with Crippen molar-refractivity contribution in [1.82, 2.24) is 10.2 Å². The first-order valence-electron chi connectivity index (χ1n) is 15.3. The summed E-state index contributed by atoms with van der Waals surface area (Å²) in [6.45, 7) is 1.35. The summed E-state index contributed by atoms with van der Waals surface area (Å²) in [5.41, 5.74) is 2.63. The van der Waals surface area contributed by atoms with E-state index in [4.69, 9.17) is 11.6 Å². The average Bonchev–Trinajstić information content (AvgIpc) is 3.57. The third-order valence-electron chi connectivity index (χ3n) is 8.38. The molecular formula is C36H37ClFN3O4S. The maximum atomic E-state index is 14.6. The van der Waals surface area contributed by atoms with Gasteiger partial charge in [0.1, 0.15) is 18.4 Å². The fraction of sp³-hybridized carbons (Fsp3) is 0.278. The third kappa shape index (κ3) is 7.95. The summed E-state index contributed by atoms with van der Waals surface area (Å²) >= 11 is 6.10. The Balaban J connectivity index is 1.58. The van der Waals surface area contributed by atoms with Gasteiger partial charge in [-0.25, -0.2) is 12.8 Å². The lowest BCUT2D eigenvalue weighted by Gasteiger charge is -2.34. The first-order chi connectivity index (χ1) is 22.1. The molecule has 1 N–H and O–H groups in total. The molecule has 4 aromatic carbocycles. The molecule has 1 aliphatic carbocycles. The van der Waals surface area contributed by atoms with E-state index in [9.17, 15) is 22.4 Å². The van der Waals surface area contributed by atoms with Gasteiger partial charge in [-0.05, 0) is 66.8 Å². The minimum Gasteiger partial charge on any atom is -0.352 e. The Morgan fingerprint density at radius 2 is 1.54 bits per heavy atom. The lowest BCUT2D eigenvalue weighted by molar-refractivity contribution is -0.140. The number of halogens is 2. The van der Waals surface area contributed by atoms with Crippen molar-refractivity contribution in [1.29, 1.82) is 0 Å². The number of hydrogen-bond donors (Lipinski definition) is 1. The molecule has 1 fully saturated rings. The third-order valence-corrected chi connectivity index (χ3v) is 10.5. The summed E-state index contributed by atoms with van der Waals surface area (Å²) in [7, 11) is -4.31. The molecule has 240 valence electrons. The van der Waals surface area contributed by atoms with E-state index in [1.807, 2.05) is 61.5 Å². The van der Waals surface area contributed by atoms with Crippen molar-refractivity contribution in [3.8, 4) is 0 Å². The fourth-order valence-electron chi connectivity index (χ4n) is 5.78. The zero-order valence-corrected chi connectivity index (χ0v) is 27.2. The Hall–Kier alpha value is -4.21. The standard InChI is InChI=1S/C36H37ClFN3O4S/c1-26-12-8-9-15-28(26)24-40(34(22-27-13-4-2-5-14-27)36(43)39-29-16-10-11-17-29)35(42)25-41(30-20-21-33(38)32(37)23-30)46(44,45)31-18-6-3-7-19-31/h2-9,12-15,18-21,23,29,34H,10-11,16-17,22,24-25H2,1H3,(H,39,43). The van der Waals surface area contributed by atoms with Crippen LogP contribution in [0.15, 0.2) is 108 Å². The topological polar surface area (TPSA) is 86.8 Å². The molecule has 0 saturated heterocycles. The molecule has 4 aromatic rings. The van der Waals surface area contributed by atoms with Gasteiger partial charge in [0.15, 0.2) is 0 Å². The number of nitrogens with zero attached hydrogens (tertiary/aromatic N) is 2. The van der Waals surface area contributed by atoms with Crippen molar-refractivity contribution in [3.05, 3.63) is 131 Å². The van der Waals surface area contributed by atoms with Gasteiger partial charge in [0.05, 0.1) is 15.6 Å². The van der Waals surface area contributed by atoms with Crippen molar-refractivity contribution in [2.75, 3.05) is 10.8 Å². The molecule has 1 saturated carbocycles. The largest absolute Gasteiger partial charge is 0.352 e. The summed E-state index contributed by atoms with van der Waals surface area (Å²) in [5.74, 6) is -1.60. The first-order valence-corrected chi connectivity index (χ1v) is 17.2. The summed E-state index contributed by atoms with van der Waals surface area (Å²) < 4.78 is 43.3. The molecule has 46 heavy (non-hydrogen) atoms. The molecule has 0 aliphatic heterocycles. The van der Waals surface area contributed by atoms with E-state index < -0.39 is 34.3 Å². The van der Waals surface area contributed by atoms with Gasteiger partial charge in [0.25, 0.3) is 10.0 Å². The van der Waals surface area contributed by atoms with Crippen LogP contribution in [0.4, 0.5) is 10.1 Å². The Bertz CT molecular complexity index is 1770. The van der Waals surface area contributed by atoms with Crippen molar-refractivity contribution in [2.45, 2.75) is 62.6 Å². The van der Waals surface area contributed by atoms with Gasteiger partial charge >= 0.3 is 0 Å². The fourth-order valence-corrected chi connectivity index (χ4v) is 7.38. The molecular weight excluding hydrogens is 625 g/mol. The van der Waals surface area contributed by atoms with Gasteiger partial charge in [0.2, 0.25) is 11.8 Å². The molecule has 0 bridgehead atoms. The van der Waals surface area contributed by atoms with Gasteiger partial charge in [-0.2, -0.15) is 0 Å². The van der Waals surface area contributed by atoms with Crippen LogP contribution < -0.4 is 9.62 Å². The second-order valence-corrected chi connectivity index (χ2v) is 13.8. The second kappa shape index (κ2) is 14.9. The SMILES string of the molecule is Cc1ccccc1CN(C(=O)CN(c1ccc(F)c(Cl)c1)S(=O)(=O)c1ccccc1)C(Cc1ccccc1)C(=O)NC1CCCC1. The summed E-state index contributed by atoms with van der Waals surface area (Å²) in [4.78, 5) is 30.1. The van der Waals surface area contributed by atoms with Crippen LogP contribution in [0.2, 0.25) is 5.02 Å². The quantitative estimate of drug-likeness (QED) is 0.184. The van der Waals surface area contributed by atoms with Crippen LogP contribution >= 0.6 is 11.6 Å². The minimum absolute atomic E-state index is 0.0116. The van der Waals surface area contributed by atoms with Gasteiger partial charge in [-0.1, -0.05) is 97.2 Å². The van der Waals surface area contributed by atoms with Gasteiger partial charge in [0, 0.05) is 19.0 Å². The highest BCUT2D eigenvalue weighted by Crippen LogP contribution is 2.29. The van der Waals surface area contributed by atoms with Crippen LogP contribution in [0, 0.1) is 12.7 Å². The molecule has 1 atom stereocenters. The smallest absolute Gasteiger partial charge is 0.264 e. The molecule has 2 amide bonds. The predicted octanol–water partition coefficient (Wildman–Crippen LogP) is 6.68. The Morgan fingerprint density at radius 3 is 2.20 bits per heavy atom. The lowest BCUT2D eigenvalue weighted by Crippen LogP contribution is -2.54. The molecule has 10 heteroatoms. The number of benzene rings is 4. The predicted molar refractivity (Wildman–Crippen MR) is 178 cm³/mol. The second-order valence-electron chi connectivity index (χ2n) is 11.6. The molecule has 7 nitrogen and oxygen atoms in total. The van der Waals surface area contributed by atoms with E-state index in [1.54, 1.807) is 18.2 Å². The van der Waals surface area contributed by atoms with Gasteiger partial charge in [-0.3, -0.25) is 13.9 Å². The number of hydrogen-bond acceptors (Lipinski definition) is 4. The van der Waals surface area contributed by atoms with E-state index >= 15 is 0 Å². The number of amides is 2. The molecule has 0 heterocycles. The zero-order chi connectivity index (χ0) is 32.7. The number of carbonyl (C=O) groups is 2. The highest BCUT2D eigenvalue weighted by Gasteiger charge is 2.36. The van der Waals surface area contributed by atoms with E-state index in [2.05, 4.69) is 5.32 Å². The monoisotopic (exact) mass is 661 g/mol. The number of sulfonamides is 1. The highest BCUT2D eigenvalue weighted by atomic mass is 35.5. The summed E-state index contributed by atoms with van der Waals surface area (Å²) in [6, 6.07) is 27.3. The maximum Gasteiger partial charge on any atom is 0.264 e. The van der Waals surface area contributed by atoms with E-state index in [1.165, 1.54) is 29.2 Å². The number of nitrogens with one attached hydrogen (secondary N) is 1. The van der Waals surface area contributed by atoms with Crippen LogP contribution in [-0.2, 0) is 32.6 Å². The van der Waals surface area contributed by atoms with Crippen molar-refractivity contribution < 1.29 is 22.4 Å². The van der Waals surface area contributed by atoms with Crippen LogP contribution in [0.1, 0.15) is 42.4 Å². The summed E-state index contributed by atoms with van der Waals surface area (Å²) in [5, 5.41) is 2.88. The van der Waals surface area contributed by atoms with E-state index in [-0.39, 0.29) is 40.5 Å².